The van der Waals surface area contributed by atoms with E-state index in [1.807, 2.05) is 0 Å². The normalized spacial score (nSPS) is 42.3. The van der Waals surface area contributed by atoms with Crippen LogP contribution >= 0.6 is 0 Å². The lowest BCUT2D eigenvalue weighted by atomic mass is 9.50. The summed E-state index contributed by atoms with van der Waals surface area (Å²) in [4.78, 5) is 11.8. The van der Waals surface area contributed by atoms with E-state index in [1.54, 1.807) is 0 Å². The van der Waals surface area contributed by atoms with Gasteiger partial charge in [0.25, 0.3) is 0 Å². The summed E-state index contributed by atoms with van der Waals surface area (Å²) in [5.74, 6) is 0.155. The van der Waals surface area contributed by atoms with Gasteiger partial charge in [-0.15, -0.1) is 0 Å². The van der Waals surface area contributed by atoms with Gasteiger partial charge in [-0.2, -0.15) is 0 Å². The Morgan fingerprint density at radius 1 is 1.28 bits per heavy atom. The summed E-state index contributed by atoms with van der Waals surface area (Å²) in [6.07, 6.45) is 3.60. The molecular weight excluding hydrogens is 228 g/mol. The molecule has 1 N–H and O–H groups in total. The summed E-state index contributed by atoms with van der Waals surface area (Å²) in [5, 5.41) is 10.3. The molecule has 3 nitrogen and oxygen atoms in total. The van der Waals surface area contributed by atoms with Crippen molar-refractivity contribution in [3.05, 3.63) is 11.1 Å². The highest BCUT2D eigenvalue weighted by Gasteiger charge is 2.55. The first-order chi connectivity index (χ1) is 8.36. The molecule has 0 aromatic rings. The minimum absolute atomic E-state index is 0.0441. The van der Waals surface area contributed by atoms with E-state index in [2.05, 4.69) is 20.8 Å². The third-order valence-electron chi connectivity index (χ3n) is 5.60. The first kappa shape index (κ1) is 12.2. The Morgan fingerprint density at radius 2 is 2.00 bits per heavy atom. The maximum atomic E-state index is 11.8. The Hall–Kier alpha value is -0.830. The highest BCUT2D eigenvalue weighted by atomic mass is 16.5. The van der Waals surface area contributed by atoms with Gasteiger partial charge < -0.3 is 9.84 Å². The molecule has 0 spiro atoms. The summed E-state index contributed by atoms with van der Waals surface area (Å²) in [5.41, 5.74) is 1.94. The Labute approximate surface area is 108 Å². The maximum absolute atomic E-state index is 11.8. The predicted molar refractivity (Wildman–Crippen MR) is 67.8 cm³/mol. The summed E-state index contributed by atoms with van der Waals surface area (Å²) >= 11 is 0. The van der Waals surface area contributed by atoms with Gasteiger partial charge in [-0.3, -0.25) is 0 Å². The van der Waals surface area contributed by atoms with Gasteiger partial charge in [0, 0.05) is 0 Å². The van der Waals surface area contributed by atoms with Crippen molar-refractivity contribution in [3.8, 4) is 0 Å². The molecule has 0 radical (unpaired) electrons. The molecule has 0 amide bonds. The smallest absolute Gasteiger partial charge is 0.337 e. The lowest BCUT2D eigenvalue weighted by molar-refractivity contribution is -0.137. The van der Waals surface area contributed by atoms with Gasteiger partial charge >= 0.3 is 5.97 Å². The third kappa shape index (κ3) is 1.43. The summed E-state index contributed by atoms with van der Waals surface area (Å²) in [6.45, 7) is 7.26. The van der Waals surface area contributed by atoms with E-state index in [0.29, 0.717) is 24.5 Å². The lowest BCUT2D eigenvalue weighted by Crippen LogP contribution is -2.48. The Balaban J connectivity index is 2.11. The second kappa shape index (κ2) is 3.60. The molecular formula is C15H22O3. The molecule has 0 bridgehead atoms. The van der Waals surface area contributed by atoms with Crippen molar-refractivity contribution in [1.82, 2.24) is 0 Å². The van der Waals surface area contributed by atoms with Crippen LogP contribution in [0, 0.1) is 16.7 Å². The van der Waals surface area contributed by atoms with Crippen LogP contribution in [0.4, 0.5) is 0 Å². The number of aliphatic hydroxyl groups excluding tert-OH is 1. The molecule has 0 aromatic heterocycles. The number of hydrogen-bond acceptors (Lipinski definition) is 3. The van der Waals surface area contributed by atoms with E-state index in [9.17, 15) is 9.90 Å². The maximum Gasteiger partial charge on any atom is 0.337 e. The third-order valence-corrected chi connectivity index (χ3v) is 5.60. The first-order valence-corrected chi connectivity index (χ1v) is 6.95. The zero-order valence-corrected chi connectivity index (χ0v) is 11.5. The molecule has 1 fully saturated rings. The van der Waals surface area contributed by atoms with Crippen molar-refractivity contribution in [1.29, 1.82) is 0 Å². The fourth-order valence-electron chi connectivity index (χ4n) is 4.63. The molecule has 18 heavy (non-hydrogen) atoms. The molecule has 3 aliphatic rings. The number of carbonyl (C=O) groups is 1. The van der Waals surface area contributed by atoms with Crippen molar-refractivity contribution in [2.45, 2.75) is 52.6 Å². The van der Waals surface area contributed by atoms with E-state index in [1.165, 1.54) is 12.8 Å². The summed E-state index contributed by atoms with van der Waals surface area (Å²) in [7, 11) is 0. The molecule has 1 aliphatic heterocycles. The Bertz CT molecular complexity index is 435. The van der Waals surface area contributed by atoms with Crippen LogP contribution < -0.4 is 0 Å². The highest BCUT2D eigenvalue weighted by Crippen LogP contribution is 2.60. The lowest BCUT2D eigenvalue weighted by Gasteiger charge is -2.54. The number of aliphatic hydroxyl groups is 1. The Kier molecular flexibility index (Phi) is 2.44. The van der Waals surface area contributed by atoms with Crippen LogP contribution in [0.25, 0.3) is 0 Å². The first-order valence-electron chi connectivity index (χ1n) is 6.95. The predicted octanol–water partition coefficient (Wildman–Crippen LogP) is 2.44. The van der Waals surface area contributed by atoms with Gasteiger partial charge in [-0.05, 0) is 41.6 Å². The van der Waals surface area contributed by atoms with Crippen LogP contribution in [-0.2, 0) is 9.53 Å². The number of fused-ring (bicyclic) bond motifs is 2. The van der Waals surface area contributed by atoms with Gasteiger partial charge in [-0.1, -0.05) is 27.2 Å². The van der Waals surface area contributed by atoms with Crippen molar-refractivity contribution < 1.29 is 14.6 Å². The highest BCUT2D eigenvalue weighted by molar-refractivity contribution is 5.93. The van der Waals surface area contributed by atoms with Crippen LogP contribution in [0.5, 0.6) is 0 Å². The molecule has 0 unspecified atom stereocenters. The van der Waals surface area contributed by atoms with E-state index in [0.717, 1.165) is 12.0 Å². The molecule has 3 atom stereocenters. The topological polar surface area (TPSA) is 46.5 Å². The van der Waals surface area contributed by atoms with Crippen molar-refractivity contribution in [2.75, 3.05) is 6.61 Å². The molecule has 1 saturated carbocycles. The molecule has 3 heteroatoms. The van der Waals surface area contributed by atoms with Crippen LogP contribution in [0.15, 0.2) is 11.1 Å². The van der Waals surface area contributed by atoms with Crippen LogP contribution in [0.3, 0.4) is 0 Å². The monoisotopic (exact) mass is 250 g/mol. The quantitative estimate of drug-likeness (QED) is 0.672. The molecule has 0 saturated heterocycles. The van der Waals surface area contributed by atoms with Crippen LogP contribution in [0.1, 0.15) is 46.5 Å². The summed E-state index contributed by atoms with van der Waals surface area (Å²) < 4.78 is 5.18. The number of carbonyl (C=O) groups excluding carboxylic acids is 1. The average molecular weight is 250 g/mol. The van der Waals surface area contributed by atoms with E-state index in [4.69, 9.17) is 4.74 Å². The van der Waals surface area contributed by atoms with Crippen LogP contribution in [0.2, 0.25) is 0 Å². The Morgan fingerprint density at radius 3 is 2.72 bits per heavy atom. The largest absolute Gasteiger partial charge is 0.458 e. The fraction of sp³-hybridized carbons (Fsp3) is 0.800. The number of cyclic esters (lactones) is 1. The van der Waals surface area contributed by atoms with E-state index in [-0.39, 0.29) is 16.8 Å². The minimum atomic E-state index is -0.620. The zero-order valence-electron chi connectivity index (χ0n) is 11.5. The second-order valence-electron chi connectivity index (χ2n) is 7.03. The molecule has 0 aromatic carbocycles. The van der Waals surface area contributed by atoms with Gasteiger partial charge in [0.1, 0.15) is 6.61 Å². The summed E-state index contributed by atoms with van der Waals surface area (Å²) in [6, 6.07) is 0. The van der Waals surface area contributed by atoms with Crippen LogP contribution in [-0.4, -0.2) is 23.8 Å². The van der Waals surface area contributed by atoms with Crippen molar-refractivity contribution in [3.63, 3.8) is 0 Å². The number of hydrogen-bond donors (Lipinski definition) is 1. The second-order valence-corrected chi connectivity index (χ2v) is 7.03. The van der Waals surface area contributed by atoms with Gasteiger partial charge in [0.05, 0.1) is 11.7 Å². The van der Waals surface area contributed by atoms with Gasteiger partial charge in [0.2, 0.25) is 0 Å². The fourth-order valence-corrected chi connectivity index (χ4v) is 4.63. The SMILES string of the molecule is CC1(C)CCC[C@]2(C)C3=C(C(=O)OC3)[C@H](O)C[C@H]12. The van der Waals surface area contributed by atoms with Crippen molar-refractivity contribution in [2.24, 2.45) is 16.7 Å². The molecule has 2 aliphatic carbocycles. The van der Waals surface area contributed by atoms with Gasteiger partial charge in [-0.25, -0.2) is 4.79 Å². The van der Waals surface area contributed by atoms with E-state index >= 15 is 0 Å². The molecule has 3 rings (SSSR count). The molecule has 1 heterocycles. The average Bonchev–Trinajstić information content (AvgIpc) is 2.66. The number of rotatable bonds is 0. The van der Waals surface area contributed by atoms with Crippen molar-refractivity contribution >= 4 is 5.97 Å². The number of esters is 1. The van der Waals surface area contributed by atoms with Gasteiger partial charge in [0.15, 0.2) is 0 Å². The van der Waals surface area contributed by atoms with E-state index < -0.39 is 6.10 Å². The number of ether oxygens (including phenoxy) is 1. The molecule has 100 valence electrons. The minimum Gasteiger partial charge on any atom is -0.458 e. The standard InChI is InChI=1S/C15H22O3/c1-14(2)5-4-6-15(3)9-8-18-13(17)12(9)10(16)7-11(14)15/h10-11,16H,4-8H2,1-3H3/t10-,11-,15-/m1/s1. The zero-order chi connectivity index (χ0) is 13.1.